The van der Waals surface area contributed by atoms with Crippen molar-refractivity contribution in [3.63, 3.8) is 0 Å². The monoisotopic (exact) mass is 333 g/mol. The van der Waals surface area contributed by atoms with E-state index in [2.05, 4.69) is 27.6 Å². The van der Waals surface area contributed by atoms with Gasteiger partial charge in [0.2, 0.25) is 0 Å². The van der Waals surface area contributed by atoms with Gasteiger partial charge < -0.3 is 9.40 Å². The maximum atomic E-state index is 11.7. The van der Waals surface area contributed by atoms with Gasteiger partial charge in [0.05, 0.1) is 17.3 Å². The lowest BCUT2D eigenvalue weighted by Crippen LogP contribution is -2.11. The lowest BCUT2D eigenvalue weighted by Gasteiger charge is -2.22. The zero-order chi connectivity index (χ0) is 17.2. The predicted octanol–water partition coefficient (Wildman–Crippen LogP) is 4.55. The van der Waals surface area contributed by atoms with Crippen LogP contribution in [-0.2, 0) is 4.79 Å². The molecule has 25 heavy (non-hydrogen) atoms. The first-order chi connectivity index (χ1) is 12.3. The third kappa shape index (κ3) is 2.93. The molecule has 0 fully saturated rings. The number of fused-ring (bicyclic) bond motifs is 1. The largest absolute Gasteiger partial charge is 0.464 e. The normalized spacial score (nSPS) is 17.4. The second-order valence-electron chi connectivity index (χ2n) is 6.38. The molecule has 0 amide bonds. The van der Waals surface area contributed by atoms with Gasteiger partial charge in [0.15, 0.2) is 5.78 Å². The summed E-state index contributed by atoms with van der Waals surface area (Å²) in [4.78, 5) is 23.8. The zero-order valence-corrected chi connectivity index (χ0v) is 13.9. The highest BCUT2D eigenvalue weighted by molar-refractivity contribution is 5.99. The third-order valence-electron chi connectivity index (χ3n) is 4.75. The summed E-state index contributed by atoms with van der Waals surface area (Å²) in [5.74, 6) is 1.23. The Balaban J connectivity index is 1.74. The molecule has 5 nitrogen and oxygen atoms in total. The second-order valence-corrected chi connectivity index (χ2v) is 6.38. The van der Waals surface area contributed by atoms with Gasteiger partial charge in [0.1, 0.15) is 17.7 Å². The number of carbonyl (C=O) groups excluding carboxylic acids is 1. The standard InChI is InChI=1S/C20H19N3O2/c1-2-15(24)10-13-5-3-6-14(9-13)19-18-16(17-7-4-8-25-17)11-21-20(18)23-12-22-19/h2,4,6-8,11-13H,1,3,5,9-10H2,(H,21,22,23)/t13-/m0/s1. The Morgan fingerprint density at radius 3 is 3.16 bits per heavy atom. The first kappa shape index (κ1) is 15.6. The molecule has 0 bridgehead atoms. The molecule has 3 heterocycles. The van der Waals surface area contributed by atoms with Crippen LogP contribution in [0.15, 0.2) is 54.1 Å². The number of hydrogen-bond acceptors (Lipinski definition) is 4. The van der Waals surface area contributed by atoms with Crippen LogP contribution in [0.3, 0.4) is 0 Å². The Bertz CT molecular complexity index is 951. The van der Waals surface area contributed by atoms with Crippen molar-refractivity contribution in [3.05, 3.63) is 55.3 Å². The molecule has 0 unspecified atom stereocenters. The molecule has 4 rings (SSSR count). The minimum Gasteiger partial charge on any atom is -0.464 e. The lowest BCUT2D eigenvalue weighted by molar-refractivity contribution is -0.115. The van der Waals surface area contributed by atoms with Crippen molar-refractivity contribution in [2.45, 2.75) is 25.7 Å². The summed E-state index contributed by atoms with van der Waals surface area (Å²) in [7, 11) is 0. The molecule has 1 aliphatic carbocycles. The molecule has 1 N–H and O–H groups in total. The number of aromatic nitrogens is 3. The van der Waals surface area contributed by atoms with E-state index < -0.39 is 0 Å². The molecular weight excluding hydrogens is 314 g/mol. The quantitative estimate of drug-likeness (QED) is 0.695. The van der Waals surface area contributed by atoms with Crippen molar-refractivity contribution < 1.29 is 9.21 Å². The summed E-state index contributed by atoms with van der Waals surface area (Å²) >= 11 is 0. The number of carbonyl (C=O) groups is 1. The maximum absolute atomic E-state index is 11.7. The van der Waals surface area contributed by atoms with E-state index in [0.717, 1.165) is 47.3 Å². The van der Waals surface area contributed by atoms with Gasteiger partial charge in [-0.25, -0.2) is 9.97 Å². The number of nitrogens with one attached hydrogen (secondary N) is 1. The molecule has 0 radical (unpaired) electrons. The van der Waals surface area contributed by atoms with E-state index in [4.69, 9.17) is 4.42 Å². The van der Waals surface area contributed by atoms with Gasteiger partial charge in [-0.3, -0.25) is 4.79 Å². The maximum Gasteiger partial charge on any atom is 0.155 e. The first-order valence-corrected chi connectivity index (χ1v) is 8.47. The minimum atomic E-state index is 0.108. The van der Waals surface area contributed by atoms with Crippen LogP contribution in [0.1, 0.15) is 31.4 Å². The molecule has 0 aliphatic heterocycles. The zero-order valence-electron chi connectivity index (χ0n) is 13.9. The van der Waals surface area contributed by atoms with Gasteiger partial charge in [-0.1, -0.05) is 12.7 Å². The van der Waals surface area contributed by atoms with Gasteiger partial charge in [-0.2, -0.15) is 0 Å². The SMILES string of the molecule is C=CC(=O)C[C@H]1CCC=C(c2ncnc3[nH]cc(-c4ccco4)c23)C1. The van der Waals surface area contributed by atoms with Crippen LogP contribution in [0.2, 0.25) is 0 Å². The topological polar surface area (TPSA) is 71.8 Å². The summed E-state index contributed by atoms with van der Waals surface area (Å²) in [5.41, 5.74) is 3.85. The third-order valence-corrected chi connectivity index (χ3v) is 4.75. The summed E-state index contributed by atoms with van der Waals surface area (Å²) in [6.07, 6.45) is 12.2. The van der Waals surface area contributed by atoms with Crippen molar-refractivity contribution in [2.75, 3.05) is 0 Å². The molecule has 0 aromatic carbocycles. The van der Waals surface area contributed by atoms with Gasteiger partial charge >= 0.3 is 0 Å². The van der Waals surface area contributed by atoms with E-state index in [-0.39, 0.29) is 5.78 Å². The number of furan rings is 1. The minimum absolute atomic E-state index is 0.108. The predicted molar refractivity (Wildman–Crippen MR) is 96.7 cm³/mol. The molecule has 1 aliphatic rings. The van der Waals surface area contributed by atoms with Crippen molar-refractivity contribution in [2.24, 2.45) is 5.92 Å². The van der Waals surface area contributed by atoms with E-state index in [1.165, 1.54) is 11.6 Å². The Labute approximate surface area is 145 Å². The summed E-state index contributed by atoms with van der Waals surface area (Å²) in [6.45, 7) is 3.58. The van der Waals surface area contributed by atoms with Crippen LogP contribution in [0, 0.1) is 5.92 Å². The van der Waals surface area contributed by atoms with E-state index in [1.54, 1.807) is 12.6 Å². The Hall–Kier alpha value is -2.95. The molecule has 3 aromatic heterocycles. The average Bonchev–Trinajstić information content (AvgIpc) is 3.30. The number of hydrogen-bond donors (Lipinski definition) is 1. The van der Waals surface area contributed by atoms with Crippen LogP contribution in [0.25, 0.3) is 27.9 Å². The van der Waals surface area contributed by atoms with Crippen LogP contribution in [0.5, 0.6) is 0 Å². The van der Waals surface area contributed by atoms with E-state index >= 15 is 0 Å². The fraction of sp³-hybridized carbons (Fsp3) is 0.250. The fourth-order valence-electron chi connectivity index (χ4n) is 3.56. The Morgan fingerprint density at radius 1 is 1.44 bits per heavy atom. The molecule has 0 spiro atoms. The van der Waals surface area contributed by atoms with Gasteiger partial charge in [-0.05, 0) is 49.0 Å². The molecule has 5 heteroatoms. The Morgan fingerprint density at radius 2 is 2.36 bits per heavy atom. The number of allylic oxidation sites excluding steroid dienone is 3. The summed E-state index contributed by atoms with van der Waals surface area (Å²) in [6, 6.07) is 3.80. The summed E-state index contributed by atoms with van der Waals surface area (Å²) < 4.78 is 5.57. The van der Waals surface area contributed by atoms with Crippen molar-refractivity contribution in [1.82, 2.24) is 15.0 Å². The first-order valence-electron chi connectivity index (χ1n) is 8.47. The van der Waals surface area contributed by atoms with E-state index in [0.29, 0.717) is 12.3 Å². The Kier molecular flexibility index (Phi) is 4.06. The average molecular weight is 333 g/mol. The molecule has 3 aromatic rings. The van der Waals surface area contributed by atoms with E-state index in [1.807, 2.05) is 18.3 Å². The van der Waals surface area contributed by atoms with Crippen molar-refractivity contribution >= 4 is 22.4 Å². The smallest absolute Gasteiger partial charge is 0.155 e. The van der Waals surface area contributed by atoms with Crippen LogP contribution < -0.4 is 0 Å². The molecule has 126 valence electrons. The van der Waals surface area contributed by atoms with Crippen molar-refractivity contribution in [1.29, 1.82) is 0 Å². The number of nitrogens with zero attached hydrogens (tertiary/aromatic N) is 2. The number of rotatable bonds is 5. The van der Waals surface area contributed by atoms with Crippen LogP contribution in [-0.4, -0.2) is 20.7 Å². The highest BCUT2D eigenvalue weighted by Crippen LogP contribution is 2.38. The number of aromatic amines is 1. The van der Waals surface area contributed by atoms with Gasteiger partial charge in [0.25, 0.3) is 0 Å². The molecule has 0 saturated carbocycles. The lowest BCUT2D eigenvalue weighted by atomic mass is 9.83. The highest BCUT2D eigenvalue weighted by atomic mass is 16.3. The van der Waals surface area contributed by atoms with Crippen LogP contribution in [0.4, 0.5) is 0 Å². The van der Waals surface area contributed by atoms with Crippen molar-refractivity contribution in [3.8, 4) is 11.3 Å². The van der Waals surface area contributed by atoms with E-state index in [9.17, 15) is 4.79 Å². The van der Waals surface area contributed by atoms with Crippen LogP contribution >= 0.6 is 0 Å². The fourth-order valence-corrected chi connectivity index (χ4v) is 3.56. The van der Waals surface area contributed by atoms with Gasteiger partial charge in [-0.15, -0.1) is 0 Å². The molecular formula is C20H19N3O2. The number of ketones is 1. The second kappa shape index (κ2) is 6.51. The highest BCUT2D eigenvalue weighted by Gasteiger charge is 2.23. The summed E-state index contributed by atoms with van der Waals surface area (Å²) in [5, 5.41) is 0.972. The molecule has 1 atom stereocenters. The molecule has 0 saturated heterocycles. The van der Waals surface area contributed by atoms with Gasteiger partial charge in [0, 0.05) is 18.2 Å². The number of H-pyrrole nitrogens is 1.